The molecule has 0 bridgehead atoms. The minimum atomic E-state index is -0.247. The summed E-state index contributed by atoms with van der Waals surface area (Å²) in [5.41, 5.74) is 3.26. The summed E-state index contributed by atoms with van der Waals surface area (Å²) in [6.45, 7) is 11.4. The third-order valence-corrected chi connectivity index (χ3v) is 6.45. The molecule has 3 rings (SSSR count). The summed E-state index contributed by atoms with van der Waals surface area (Å²) >= 11 is 0. The largest absolute Gasteiger partial charge is 0.507 e. The molecule has 0 saturated carbocycles. The van der Waals surface area contributed by atoms with Gasteiger partial charge in [-0.15, -0.1) is 0 Å². The van der Waals surface area contributed by atoms with E-state index in [1.807, 2.05) is 17.9 Å². The van der Waals surface area contributed by atoms with Gasteiger partial charge in [0.1, 0.15) is 11.5 Å². The molecular weight excluding hydrogens is 376 g/mol. The van der Waals surface area contributed by atoms with Crippen LogP contribution >= 0.6 is 0 Å². The second kappa shape index (κ2) is 10.2. The normalized spacial score (nSPS) is 21.9. The van der Waals surface area contributed by atoms with Gasteiger partial charge < -0.3 is 20.4 Å². The number of carbonyl (C=O) groups excluding carboxylic acids is 1. The first kappa shape index (κ1) is 22.4. The van der Waals surface area contributed by atoms with E-state index in [1.165, 1.54) is 0 Å². The molecule has 1 saturated heterocycles. The van der Waals surface area contributed by atoms with Crippen molar-refractivity contribution in [3.8, 4) is 11.5 Å². The van der Waals surface area contributed by atoms with Crippen LogP contribution in [0, 0.1) is 5.92 Å². The number of nitrogens with one attached hydrogen (secondary N) is 1. The van der Waals surface area contributed by atoms with E-state index in [4.69, 9.17) is 0 Å². The fourth-order valence-corrected chi connectivity index (χ4v) is 4.74. The van der Waals surface area contributed by atoms with Crippen molar-refractivity contribution in [2.75, 3.05) is 26.2 Å². The summed E-state index contributed by atoms with van der Waals surface area (Å²) < 4.78 is 0. The Morgan fingerprint density at radius 2 is 1.87 bits per heavy atom. The molecule has 1 amide bonds. The topological polar surface area (TPSA) is 72.8 Å². The molecule has 2 atom stereocenters. The number of hydrogen-bond acceptors (Lipinski definition) is 4. The number of phenolic OH excluding ortho intramolecular Hbond substituents is 2. The predicted molar refractivity (Wildman–Crippen MR) is 121 cm³/mol. The van der Waals surface area contributed by atoms with Crippen LogP contribution in [0.5, 0.6) is 11.5 Å². The third kappa shape index (κ3) is 5.07. The molecule has 1 aliphatic carbocycles. The first-order valence-corrected chi connectivity index (χ1v) is 11.3. The fourth-order valence-electron chi connectivity index (χ4n) is 4.74. The van der Waals surface area contributed by atoms with Gasteiger partial charge in [0.25, 0.3) is 0 Å². The Labute approximate surface area is 180 Å². The molecular formula is C25H36N2O3. The van der Waals surface area contributed by atoms with Crippen LogP contribution in [-0.4, -0.2) is 47.2 Å². The number of phenols is 2. The number of piperazine rings is 1. The Kier molecular flexibility index (Phi) is 7.59. The lowest BCUT2D eigenvalue weighted by molar-refractivity contribution is -0.128. The highest BCUT2D eigenvalue weighted by molar-refractivity contribution is 5.94. The van der Waals surface area contributed by atoms with Crippen LogP contribution in [0.25, 0.3) is 0 Å². The second-order valence-electron chi connectivity index (χ2n) is 8.76. The Morgan fingerprint density at radius 3 is 2.47 bits per heavy atom. The van der Waals surface area contributed by atoms with E-state index >= 15 is 0 Å². The van der Waals surface area contributed by atoms with Crippen LogP contribution in [0.4, 0.5) is 0 Å². The molecule has 2 aliphatic rings. The van der Waals surface area contributed by atoms with Crippen molar-refractivity contribution in [3.63, 3.8) is 0 Å². The molecule has 164 valence electrons. The van der Waals surface area contributed by atoms with Crippen molar-refractivity contribution in [1.29, 1.82) is 0 Å². The summed E-state index contributed by atoms with van der Waals surface area (Å²) in [5, 5.41) is 24.9. The number of allylic oxidation sites excluding steroid dienone is 2. The van der Waals surface area contributed by atoms with E-state index in [9.17, 15) is 15.0 Å². The average molecular weight is 413 g/mol. The maximum absolute atomic E-state index is 13.1. The van der Waals surface area contributed by atoms with Gasteiger partial charge in [0.2, 0.25) is 5.91 Å². The zero-order chi connectivity index (χ0) is 21.7. The Bertz CT molecular complexity index is 786. The highest BCUT2D eigenvalue weighted by atomic mass is 16.3. The summed E-state index contributed by atoms with van der Waals surface area (Å²) in [6, 6.07) is 3.56. The van der Waals surface area contributed by atoms with Gasteiger partial charge in [0, 0.05) is 43.2 Å². The maximum atomic E-state index is 13.1. The van der Waals surface area contributed by atoms with Crippen LogP contribution in [0.15, 0.2) is 35.9 Å². The van der Waals surface area contributed by atoms with Crippen molar-refractivity contribution in [2.24, 2.45) is 5.92 Å². The molecule has 1 aromatic carbocycles. The van der Waals surface area contributed by atoms with Crippen molar-refractivity contribution in [2.45, 2.75) is 58.3 Å². The Morgan fingerprint density at radius 1 is 1.20 bits per heavy atom. The van der Waals surface area contributed by atoms with Gasteiger partial charge in [0.15, 0.2) is 0 Å². The van der Waals surface area contributed by atoms with Crippen LogP contribution in [0.3, 0.4) is 0 Å². The van der Waals surface area contributed by atoms with Gasteiger partial charge >= 0.3 is 0 Å². The van der Waals surface area contributed by atoms with Crippen LogP contribution in [0.2, 0.25) is 0 Å². The summed E-state index contributed by atoms with van der Waals surface area (Å²) in [5.74, 6) is 0.154. The highest BCUT2D eigenvalue weighted by Gasteiger charge is 2.33. The SMILES string of the molecule is C=C(C)[C@@H]1CCC(C(=O)N2CCNCC2)=C[C@H]1c1c(O)cc(CCCCC)cc1O. The molecule has 5 nitrogen and oxygen atoms in total. The van der Waals surface area contributed by atoms with E-state index in [2.05, 4.69) is 18.8 Å². The van der Waals surface area contributed by atoms with Gasteiger partial charge in [-0.25, -0.2) is 0 Å². The molecule has 0 spiro atoms. The smallest absolute Gasteiger partial charge is 0.249 e. The maximum Gasteiger partial charge on any atom is 0.249 e. The molecule has 0 unspecified atom stereocenters. The number of unbranched alkanes of at least 4 members (excludes halogenated alkanes) is 2. The zero-order valence-corrected chi connectivity index (χ0v) is 18.4. The fraction of sp³-hybridized carbons (Fsp3) is 0.560. The zero-order valence-electron chi connectivity index (χ0n) is 18.4. The molecule has 3 N–H and O–H groups in total. The minimum absolute atomic E-state index is 0.0804. The van der Waals surface area contributed by atoms with Gasteiger partial charge in [-0.1, -0.05) is 38.0 Å². The lowest BCUT2D eigenvalue weighted by Gasteiger charge is -2.34. The number of amides is 1. The van der Waals surface area contributed by atoms with Crippen LogP contribution in [0.1, 0.15) is 63.0 Å². The highest BCUT2D eigenvalue weighted by Crippen LogP contribution is 2.46. The van der Waals surface area contributed by atoms with Crippen molar-refractivity contribution < 1.29 is 15.0 Å². The monoisotopic (exact) mass is 412 g/mol. The van der Waals surface area contributed by atoms with Gasteiger partial charge in [-0.05, 0) is 56.2 Å². The first-order valence-electron chi connectivity index (χ1n) is 11.3. The number of aryl methyl sites for hydroxylation is 1. The van der Waals surface area contributed by atoms with Crippen LogP contribution in [-0.2, 0) is 11.2 Å². The second-order valence-corrected chi connectivity index (χ2v) is 8.76. The van der Waals surface area contributed by atoms with Crippen molar-refractivity contribution >= 4 is 5.91 Å². The molecule has 1 fully saturated rings. The standard InChI is InChI=1S/C25H36N2O3/c1-4-5-6-7-18-14-22(28)24(23(29)15-18)21-16-19(8-9-20(21)17(2)3)25(30)27-12-10-26-11-13-27/h14-16,20-21,26,28-29H,2,4-13H2,1,3H3/t20-,21+/m0/s1. The Hall–Kier alpha value is -2.27. The number of hydrogen-bond donors (Lipinski definition) is 3. The number of aromatic hydroxyl groups is 2. The molecule has 30 heavy (non-hydrogen) atoms. The van der Waals surface area contributed by atoms with E-state index in [0.717, 1.165) is 61.9 Å². The molecule has 0 radical (unpaired) electrons. The molecule has 1 aliphatic heterocycles. The van der Waals surface area contributed by atoms with E-state index in [1.54, 1.807) is 12.1 Å². The van der Waals surface area contributed by atoms with Gasteiger partial charge in [-0.3, -0.25) is 4.79 Å². The van der Waals surface area contributed by atoms with Crippen LogP contribution < -0.4 is 5.32 Å². The summed E-state index contributed by atoms with van der Waals surface area (Å²) in [4.78, 5) is 15.0. The summed E-state index contributed by atoms with van der Waals surface area (Å²) in [6.07, 6.45) is 7.60. The number of nitrogens with zero attached hydrogens (tertiary/aromatic N) is 1. The lowest BCUT2D eigenvalue weighted by atomic mass is 9.73. The van der Waals surface area contributed by atoms with Crippen molar-refractivity contribution in [1.82, 2.24) is 10.2 Å². The van der Waals surface area contributed by atoms with Gasteiger partial charge in [0.05, 0.1) is 0 Å². The lowest BCUT2D eigenvalue weighted by Crippen LogP contribution is -2.47. The van der Waals surface area contributed by atoms with E-state index in [-0.39, 0.29) is 29.2 Å². The minimum Gasteiger partial charge on any atom is -0.507 e. The van der Waals surface area contributed by atoms with E-state index in [0.29, 0.717) is 25.1 Å². The van der Waals surface area contributed by atoms with E-state index < -0.39 is 0 Å². The molecule has 5 heteroatoms. The van der Waals surface area contributed by atoms with Crippen molar-refractivity contribution in [3.05, 3.63) is 47.1 Å². The average Bonchev–Trinajstić information content (AvgIpc) is 2.73. The number of carbonyl (C=O) groups is 1. The molecule has 1 heterocycles. The number of benzene rings is 1. The first-order chi connectivity index (χ1) is 14.4. The third-order valence-electron chi connectivity index (χ3n) is 6.45. The molecule has 1 aromatic rings. The quantitative estimate of drug-likeness (QED) is 0.462. The summed E-state index contributed by atoms with van der Waals surface area (Å²) in [7, 11) is 0. The Balaban J connectivity index is 1.91. The number of rotatable bonds is 7. The van der Waals surface area contributed by atoms with Gasteiger partial charge in [-0.2, -0.15) is 0 Å². The predicted octanol–water partition coefficient (Wildman–Crippen LogP) is 4.26. The molecule has 0 aromatic heterocycles.